The van der Waals surface area contributed by atoms with E-state index in [2.05, 4.69) is 31.2 Å². The zero-order valence-corrected chi connectivity index (χ0v) is 17.7. The molecule has 1 saturated heterocycles. The number of hydrogen-bond acceptors (Lipinski definition) is 4. The molecule has 3 aromatic carbocycles. The number of ether oxygens (including phenoxy) is 1. The van der Waals surface area contributed by atoms with Crippen molar-refractivity contribution in [1.29, 1.82) is 0 Å². The van der Waals surface area contributed by atoms with E-state index in [-0.39, 0.29) is 17.7 Å². The largest absolute Gasteiger partial charge is 0.427 e. The van der Waals surface area contributed by atoms with Crippen LogP contribution in [0.1, 0.15) is 42.0 Å². The van der Waals surface area contributed by atoms with E-state index in [1.165, 1.54) is 11.8 Å². The summed E-state index contributed by atoms with van der Waals surface area (Å²) >= 11 is 0. The van der Waals surface area contributed by atoms with Gasteiger partial charge in [-0.1, -0.05) is 55.5 Å². The summed E-state index contributed by atoms with van der Waals surface area (Å²) in [6, 6.07) is 23.0. The molecule has 1 heterocycles. The normalized spacial score (nSPS) is 27.1. The van der Waals surface area contributed by atoms with Gasteiger partial charge in [-0.2, -0.15) is 0 Å². The summed E-state index contributed by atoms with van der Waals surface area (Å²) in [4.78, 5) is 40.2. The molecule has 5 heteroatoms. The van der Waals surface area contributed by atoms with Crippen LogP contribution in [0.25, 0.3) is 0 Å². The van der Waals surface area contributed by atoms with Crippen molar-refractivity contribution in [2.45, 2.75) is 25.2 Å². The fourth-order valence-corrected chi connectivity index (χ4v) is 6.23. The van der Waals surface area contributed by atoms with Gasteiger partial charge in [0.1, 0.15) is 5.75 Å². The van der Waals surface area contributed by atoms with Crippen LogP contribution in [-0.4, -0.2) is 17.8 Å². The first-order valence-corrected chi connectivity index (χ1v) is 10.8. The van der Waals surface area contributed by atoms with Gasteiger partial charge in [-0.25, -0.2) is 4.90 Å². The van der Waals surface area contributed by atoms with E-state index in [0.29, 0.717) is 11.4 Å². The fourth-order valence-electron chi connectivity index (χ4n) is 6.23. The van der Waals surface area contributed by atoms with Crippen LogP contribution in [0.2, 0.25) is 0 Å². The molecule has 2 amide bonds. The second-order valence-corrected chi connectivity index (χ2v) is 8.96. The monoisotopic (exact) mass is 423 g/mol. The Kier molecular flexibility index (Phi) is 3.79. The maximum absolute atomic E-state index is 13.8. The lowest BCUT2D eigenvalue weighted by molar-refractivity contribution is -0.132. The van der Waals surface area contributed by atoms with Gasteiger partial charge < -0.3 is 4.74 Å². The standard InChI is InChI=1S/C27H21NO4/c1-15(29)32-17-13-11-16(12-14-17)28-25(30)23-22-18-7-3-5-9-20(18)27(2,24(23)26(28)31)21-10-6-4-8-19(21)22/h3-14,22-24H,1-2H3. The first-order chi connectivity index (χ1) is 15.4. The number of esters is 1. The lowest BCUT2D eigenvalue weighted by atomic mass is 9.48. The van der Waals surface area contributed by atoms with Crippen molar-refractivity contribution < 1.29 is 19.1 Å². The Labute approximate surface area is 185 Å². The zero-order chi connectivity index (χ0) is 22.2. The van der Waals surface area contributed by atoms with Gasteiger partial charge in [-0.05, 0) is 46.5 Å². The molecule has 3 aliphatic carbocycles. The molecule has 4 aliphatic rings. The molecule has 0 radical (unpaired) electrons. The number of benzene rings is 3. The molecular weight excluding hydrogens is 402 g/mol. The van der Waals surface area contributed by atoms with Crippen molar-refractivity contribution in [2.75, 3.05) is 4.90 Å². The molecule has 0 N–H and O–H groups in total. The lowest BCUT2D eigenvalue weighted by Crippen LogP contribution is -2.51. The third-order valence-corrected chi connectivity index (χ3v) is 7.40. The Balaban J connectivity index is 1.50. The van der Waals surface area contributed by atoms with Gasteiger partial charge >= 0.3 is 5.97 Å². The van der Waals surface area contributed by atoms with Crippen LogP contribution in [0, 0.1) is 11.8 Å². The third kappa shape index (κ3) is 2.25. The van der Waals surface area contributed by atoms with Crippen LogP contribution < -0.4 is 9.64 Å². The van der Waals surface area contributed by atoms with Crippen LogP contribution in [0.5, 0.6) is 5.75 Å². The highest BCUT2D eigenvalue weighted by molar-refractivity contribution is 6.23. The first-order valence-electron chi connectivity index (χ1n) is 10.8. The highest BCUT2D eigenvalue weighted by Gasteiger charge is 2.66. The SMILES string of the molecule is CC(=O)Oc1ccc(N2C(=O)C3C4c5ccccc5C(C)(c5ccccc54)C3C2=O)cc1. The lowest BCUT2D eigenvalue weighted by Gasteiger charge is -2.52. The molecular formula is C27H21NO4. The predicted molar refractivity (Wildman–Crippen MR) is 118 cm³/mol. The fraction of sp³-hybridized carbons (Fsp3) is 0.222. The van der Waals surface area contributed by atoms with Crippen molar-refractivity contribution in [1.82, 2.24) is 0 Å². The number of hydrogen-bond donors (Lipinski definition) is 0. The Morgan fingerprint density at radius 1 is 0.844 bits per heavy atom. The number of nitrogens with zero attached hydrogens (tertiary/aromatic N) is 1. The Morgan fingerprint density at radius 2 is 1.41 bits per heavy atom. The van der Waals surface area contributed by atoms with Crippen molar-refractivity contribution in [3.8, 4) is 5.75 Å². The number of anilines is 1. The molecule has 32 heavy (non-hydrogen) atoms. The van der Waals surface area contributed by atoms with Crippen LogP contribution in [-0.2, 0) is 19.8 Å². The van der Waals surface area contributed by atoms with Crippen molar-refractivity contribution >= 4 is 23.5 Å². The summed E-state index contributed by atoms with van der Waals surface area (Å²) in [6.07, 6.45) is 0. The van der Waals surface area contributed by atoms with Crippen LogP contribution in [0.15, 0.2) is 72.8 Å². The summed E-state index contributed by atoms with van der Waals surface area (Å²) in [6.45, 7) is 3.44. The third-order valence-electron chi connectivity index (χ3n) is 7.40. The molecule has 7 rings (SSSR count). The Morgan fingerprint density at radius 3 is 1.97 bits per heavy atom. The van der Waals surface area contributed by atoms with Gasteiger partial charge in [0.25, 0.3) is 0 Å². The number of carbonyl (C=O) groups is 3. The minimum atomic E-state index is -0.578. The first kappa shape index (κ1) is 19.0. The second kappa shape index (κ2) is 6.39. The van der Waals surface area contributed by atoms with Crippen molar-refractivity contribution in [2.24, 2.45) is 11.8 Å². The van der Waals surface area contributed by atoms with Gasteiger partial charge in [0.15, 0.2) is 0 Å². The average molecular weight is 423 g/mol. The highest BCUT2D eigenvalue weighted by Crippen LogP contribution is 2.64. The van der Waals surface area contributed by atoms with Gasteiger partial charge in [0.2, 0.25) is 11.8 Å². The summed E-state index contributed by atoms with van der Waals surface area (Å²) < 4.78 is 5.10. The quantitative estimate of drug-likeness (QED) is 0.352. The van der Waals surface area contributed by atoms with Crippen molar-refractivity contribution in [3.05, 3.63) is 95.1 Å². The predicted octanol–water partition coefficient (Wildman–Crippen LogP) is 4.18. The van der Waals surface area contributed by atoms with E-state index in [9.17, 15) is 14.4 Å². The van der Waals surface area contributed by atoms with Gasteiger partial charge in [0.05, 0.1) is 17.5 Å². The van der Waals surface area contributed by atoms with E-state index in [1.807, 2.05) is 24.3 Å². The smallest absolute Gasteiger partial charge is 0.308 e. The number of amides is 2. The van der Waals surface area contributed by atoms with Crippen molar-refractivity contribution in [3.63, 3.8) is 0 Å². The molecule has 1 aliphatic heterocycles. The molecule has 0 aromatic heterocycles. The van der Waals surface area contributed by atoms with E-state index in [1.54, 1.807) is 24.3 Å². The van der Waals surface area contributed by atoms with E-state index < -0.39 is 23.2 Å². The number of imide groups is 1. The van der Waals surface area contributed by atoms with Gasteiger partial charge in [0, 0.05) is 18.3 Å². The summed E-state index contributed by atoms with van der Waals surface area (Å²) in [5, 5.41) is 0. The van der Waals surface area contributed by atoms with Crippen LogP contribution >= 0.6 is 0 Å². The maximum Gasteiger partial charge on any atom is 0.308 e. The summed E-state index contributed by atoms with van der Waals surface area (Å²) in [7, 11) is 0. The topological polar surface area (TPSA) is 63.7 Å². The molecule has 5 nitrogen and oxygen atoms in total. The highest BCUT2D eigenvalue weighted by atomic mass is 16.5. The summed E-state index contributed by atoms with van der Waals surface area (Å²) in [5.41, 5.74) is 4.48. The molecule has 1 fully saturated rings. The van der Waals surface area contributed by atoms with E-state index in [0.717, 1.165) is 22.3 Å². The molecule has 0 saturated carbocycles. The molecule has 158 valence electrons. The molecule has 2 atom stereocenters. The summed E-state index contributed by atoms with van der Waals surface area (Å²) in [5.74, 6) is -1.42. The molecule has 0 spiro atoms. The molecule has 3 aromatic rings. The van der Waals surface area contributed by atoms with Gasteiger partial charge in [-0.15, -0.1) is 0 Å². The number of rotatable bonds is 2. The zero-order valence-electron chi connectivity index (χ0n) is 17.7. The van der Waals surface area contributed by atoms with E-state index in [4.69, 9.17) is 4.74 Å². The molecule has 2 bridgehead atoms. The average Bonchev–Trinajstić information content (AvgIpc) is 3.06. The minimum Gasteiger partial charge on any atom is -0.427 e. The van der Waals surface area contributed by atoms with E-state index >= 15 is 0 Å². The molecule has 2 unspecified atom stereocenters. The van der Waals surface area contributed by atoms with Gasteiger partial charge in [-0.3, -0.25) is 14.4 Å². The minimum absolute atomic E-state index is 0.143. The van der Waals surface area contributed by atoms with Crippen LogP contribution in [0.4, 0.5) is 5.69 Å². The second-order valence-electron chi connectivity index (χ2n) is 8.96. The maximum atomic E-state index is 13.8. The Hall–Kier alpha value is -3.73. The number of carbonyl (C=O) groups excluding carboxylic acids is 3. The Bertz CT molecular complexity index is 1260. The van der Waals surface area contributed by atoms with Crippen LogP contribution in [0.3, 0.4) is 0 Å².